The molecule has 2 rings (SSSR count). The van der Waals surface area contributed by atoms with Gasteiger partial charge >= 0.3 is 0 Å². The molecule has 0 spiro atoms. The van der Waals surface area contributed by atoms with E-state index in [0.29, 0.717) is 5.92 Å². The summed E-state index contributed by atoms with van der Waals surface area (Å²) in [6.07, 6.45) is 8.71. The van der Waals surface area contributed by atoms with Gasteiger partial charge in [0.05, 0.1) is 6.26 Å². The molecule has 1 N–H and O–H groups in total. The Labute approximate surface area is 90.6 Å². The van der Waals surface area contributed by atoms with Gasteiger partial charge in [-0.25, -0.2) is 0 Å². The second-order valence-electron chi connectivity index (χ2n) is 4.44. The maximum absolute atomic E-state index is 10.4. The molecule has 2 heteroatoms. The van der Waals surface area contributed by atoms with Crippen LogP contribution in [-0.4, -0.2) is 5.11 Å². The molecule has 1 aliphatic rings. The van der Waals surface area contributed by atoms with Crippen LogP contribution in [0.4, 0.5) is 0 Å². The average molecular weight is 206 g/mol. The first-order valence-corrected chi connectivity index (χ1v) is 5.61. The van der Waals surface area contributed by atoms with Crippen molar-refractivity contribution >= 4 is 0 Å². The lowest BCUT2D eigenvalue weighted by Crippen LogP contribution is -2.26. The second kappa shape index (κ2) is 3.86. The maximum atomic E-state index is 10.4. The van der Waals surface area contributed by atoms with Crippen LogP contribution in [0.1, 0.15) is 37.5 Å². The zero-order valence-electron chi connectivity index (χ0n) is 9.36. The van der Waals surface area contributed by atoms with Crippen molar-refractivity contribution in [2.24, 2.45) is 5.92 Å². The molecular formula is C13H18O2. The van der Waals surface area contributed by atoms with E-state index in [-0.39, 0.29) is 0 Å². The lowest BCUT2D eigenvalue weighted by atomic mass is 9.81. The maximum Gasteiger partial charge on any atom is 0.111 e. The highest BCUT2D eigenvalue weighted by Gasteiger charge is 2.31. The van der Waals surface area contributed by atoms with E-state index in [0.717, 1.165) is 30.6 Å². The Morgan fingerprint density at radius 3 is 2.87 bits per heavy atom. The summed E-state index contributed by atoms with van der Waals surface area (Å²) in [5.74, 6) is 1.47. The van der Waals surface area contributed by atoms with Gasteiger partial charge in [-0.2, -0.15) is 0 Å². The molecule has 82 valence electrons. The second-order valence-corrected chi connectivity index (χ2v) is 4.44. The van der Waals surface area contributed by atoms with Gasteiger partial charge < -0.3 is 9.52 Å². The van der Waals surface area contributed by atoms with Gasteiger partial charge in [-0.05, 0) is 38.2 Å². The van der Waals surface area contributed by atoms with E-state index in [2.05, 4.69) is 13.0 Å². The monoisotopic (exact) mass is 206 g/mol. The molecular weight excluding hydrogens is 188 g/mol. The van der Waals surface area contributed by atoms with Crippen LogP contribution in [-0.2, 0) is 5.60 Å². The van der Waals surface area contributed by atoms with Gasteiger partial charge in [0.15, 0.2) is 0 Å². The quantitative estimate of drug-likeness (QED) is 0.754. The molecule has 1 aromatic heterocycles. The van der Waals surface area contributed by atoms with E-state index in [1.165, 1.54) is 0 Å². The molecule has 0 amide bonds. The van der Waals surface area contributed by atoms with E-state index >= 15 is 0 Å². The highest BCUT2D eigenvalue weighted by Crippen LogP contribution is 2.36. The largest absolute Gasteiger partial charge is 0.469 e. The van der Waals surface area contributed by atoms with E-state index in [9.17, 15) is 5.11 Å². The number of aliphatic hydroxyl groups is 1. The fourth-order valence-corrected chi connectivity index (χ4v) is 2.13. The summed E-state index contributed by atoms with van der Waals surface area (Å²) < 4.78 is 5.24. The van der Waals surface area contributed by atoms with Crippen LogP contribution >= 0.6 is 0 Å². The highest BCUT2D eigenvalue weighted by atomic mass is 16.3. The van der Waals surface area contributed by atoms with Crippen LogP contribution in [0.2, 0.25) is 0 Å². The molecule has 2 atom stereocenters. The lowest BCUT2D eigenvalue weighted by molar-refractivity contribution is 0.0654. The molecule has 0 bridgehead atoms. The lowest BCUT2D eigenvalue weighted by Gasteiger charge is -2.29. The van der Waals surface area contributed by atoms with Gasteiger partial charge in [0, 0.05) is 5.56 Å². The summed E-state index contributed by atoms with van der Waals surface area (Å²) in [4.78, 5) is 0. The summed E-state index contributed by atoms with van der Waals surface area (Å²) in [6.45, 7) is 4.08. The summed E-state index contributed by atoms with van der Waals surface area (Å²) in [7, 11) is 0. The molecule has 0 fully saturated rings. The topological polar surface area (TPSA) is 33.4 Å². The summed E-state index contributed by atoms with van der Waals surface area (Å²) in [6, 6.07) is 1.91. The summed E-state index contributed by atoms with van der Waals surface area (Å²) in [5.41, 5.74) is 0.0782. The van der Waals surface area contributed by atoms with Crippen LogP contribution in [0.3, 0.4) is 0 Å². The third-order valence-electron chi connectivity index (χ3n) is 3.30. The first-order valence-electron chi connectivity index (χ1n) is 5.61. The van der Waals surface area contributed by atoms with Gasteiger partial charge in [-0.1, -0.05) is 19.1 Å². The van der Waals surface area contributed by atoms with Gasteiger partial charge in [0.2, 0.25) is 0 Å². The van der Waals surface area contributed by atoms with E-state index in [1.807, 2.05) is 19.1 Å². The summed E-state index contributed by atoms with van der Waals surface area (Å²) >= 11 is 0. The van der Waals surface area contributed by atoms with Gasteiger partial charge in [0.25, 0.3) is 0 Å². The van der Waals surface area contributed by atoms with Crippen LogP contribution in [0.25, 0.3) is 0 Å². The normalized spacial score (nSPS) is 30.7. The smallest absolute Gasteiger partial charge is 0.111 e. The molecule has 2 unspecified atom stereocenters. The van der Waals surface area contributed by atoms with Crippen molar-refractivity contribution in [3.63, 3.8) is 0 Å². The standard InChI is InChI=1S/C13H18O2/c1-3-11-4-6-13(14,7-5-11)12-8-10(2)15-9-12/h4,6,8-9,11,14H,3,5,7H2,1-2H3. The van der Waals surface area contributed by atoms with Crippen LogP contribution in [0.5, 0.6) is 0 Å². The molecule has 1 aromatic rings. The Hall–Kier alpha value is -1.02. The number of furan rings is 1. The first kappa shape index (κ1) is 10.5. The molecule has 0 radical (unpaired) electrons. The minimum absolute atomic E-state index is 0.623. The Kier molecular flexibility index (Phi) is 2.70. The molecule has 0 saturated heterocycles. The number of aryl methyl sites for hydroxylation is 1. The Balaban J connectivity index is 2.22. The van der Waals surface area contributed by atoms with Crippen molar-refractivity contribution in [3.8, 4) is 0 Å². The van der Waals surface area contributed by atoms with Crippen molar-refractivity contribution in [3.05, 3.63) is 35.8 Å². The Bertz CT molecular complexity index is 364. The molecule has 1 aliphatic carbocycles. The SMILES string of the molecule is CCC1C=CC(O)(c2coc(C)c2)CC1. The number of allylic oxidation sites excluding steroid dienone is 1. The zero-order chi connectivity index (χ0) is 10.9. The fraction of sp³-hybridized carbons (Fsp3) is 0.538. The minimum atomic E-state index is -0.802. The first-order chi connectivity index (χ1) is 7.14. The molecule has 15 heavy (non-hydrogen) atoms. The average Bonchev–Trinajstić information content (AvgIpc) is 2.67. The molecule has 0 aromatic carbocycles. The van der Waals surface area contributed by atoms with E-state index < -0.39 is 5.60 Å². The molecule has 1 heterocycles. The van der Waals surface area contributed by atoms with Gasteiger partial charge in [0.1, 0.15) is 11.4 Å². The van der Waals surface area contributed by atoms with Crippen LogP contribution in [0, 0.1) is 12.8 Å². The van der Waals surface area contributed by atoms with Crippen molar-refractivity contribution in [1.82, 2.24) is 0 Å². The van der Waals surface area contributed by atoms with Gasteiger partial charge in [-0.3, -0.25) is 0 Å². The van der Waals surface area contributed by atoms with Crippen molar-refractivity contribution in [2.45, 2.75) is 38.7 Å². The fourth-order valence-electron chi connectivity index (χ4n) is 2.13. The minimum Gasteiger partial charge on any atom is -0.469 e. The number of hydrogen-bond acceptors (Lipinski definition) is 2. The molecule has 2 nitrogen and oxygen atoms in total. The van der Waals surface area contributed by atoms with Crippen molar-refractivity contribution in [1.29, 1.82) is 0 Å². The predicted molar refractivity (Wildman–Crippen MR) is 59.5 cm³/mol. The van der Waals surface area contributed by atoms with Gasteiger partial charge in [-0.15, -0.1) is 0 Å². The van der Waals surface area contributed by atoms with Crippen LogP contribution in [0.15, 0.2) is 28.9 Å². The Morgan fingerprint density at radius 1 is 1.60 bits per heavy atom. The molecule has 0 saturated carbocycles. The summed E-state index contributed by atoms with van der Waals surface area (Å²) in [5, 5.41) is 10.4. The van der Waals surface area contributed by atoms with Crippen molar-refractivity contribution < 1.29 is 9.52 Å². The number of hydrogen-bond donors (Lipinski definition) is 1. The predicted octanol–water partition coefficient (Wildman–Crippen LogP) is 3.15. The number of rotatable bonds is 2. The molecule has 0 aliphatic heterocycles. The van der Waals surface area contributed by atoms with E-state index in [4.69, 9.17) is 4.42 Å². The third kappa shape index (κ3) is 2.00. The third-order valence-corrected chi connectivity index (χ3v) is 3.30. The van der Waals surface area contributed by atoms with Crippen molar-refractivity contribution in [2.75, 3.05) is 0 Å². The van der Waals surface area contributed by atoms with Crippen LogP contribution < -0.4 is 0 Å². The zero-order valence-corrected chi connectivity index (χ0v) is 9.36. The highest BCUT2D eigenvalue weighted by molar-refractivity contribution is 5.27. The Morgan fingerprint density at radius 2 is 2.40 bits per heavy atom. The van der Waals surface area contributed by atoms with E-state index in [1.54, 1.807) is 6.26 Å².